The molecule has 3 rings (SSSR count). The number of benzene rings is 2. The smallest absolute Gasteiger partial charge is 0.177 e. The van der Waals surface area contributed by atoms with Crippen molar-refractivity contribution in [2.75, 3.05) is 13.2 Å². The third-order valence-electron chi connectivity index (χ3n) is 2.87. The zero-order valence-corrected chi connectivity index (χ0v) is 9.50. The van der Waals surface area contributed by atoms with Crippen molar-refractivity contribution in [3.63, 3.8) is 0 Å². The fourth-order valence-electron chi connectivity index (χ4n) is 1.99. The van der Waals surface area contributed by atoms with Crippen LogP contribution in [0.1, 0.15) is 5.56 Å². The number of hydrogen-bond donors (Lipinski definition) is 0. The Bertz CT molecular complexity index is 539. The quantitative estimate of drug-likeness (QED) is 0.782. The Morgan fingerprint density at radius 1 is 0.941 bits per heavy atom. The number of rotatable bonds is 2. The van der Waals surface area contributed by atoms with E-state index < -0.39 is 0 Å². The Hall–Kier alpha value is -1.64. The molecule has 1 saturated heterocycles. The molecule has 0 amide bonds. The summed E-state index contributed by atoms with van der Waals surface area (Å²) in [6.45, 7) is 1.37. The second kappa shape index (κ2) is 4.70. The van der Waals surface area contributed by atoms with E-state index in [1.54, 1.807) is 0 Å². The molecule has 0 aromatic heterocycles. The second-order valence-electron chi connectivity index (χ2n) is 4.08. The third-order valence-corrected chi connectivity index (χ3v) is 2.87. The number of fused-ring (bicyclic) bond motifs is 1. The molecule has 0 N–H and O–H groups in total. The molecule has 0 aliphatic carbocycles. The van der Waals surface area contributed by atoms with Crippen molar-refractivity contribution in [3.8, 4) is 0 Å². The van der Waals surface area contributed by atoms with Crippen LogP contribution in [-0.4, -0.2) is 19.5 Å². The van der Waals surface area contributed by atoms with Crippen LogP contribution in [0, 0.1) is 0 Å². The van der Waals surface area contributed by atoms with Crippen LogP contribution in [0.2, 0.25) is 0 Å². The van der Waals surface area contributed by atoms with Gasteiger partial charge in [-0.3, -0.25) is 0 Å². The third kappa shape index (κ3) is 2.38. The maximum absolute atomic E-state index is 5.35. The van der Waals surface area contributed by atoms with Gasteiger partial charge in [0, 0.05) is 0 Å². The molecule has 2 aromatic carbocycles. The van der Waals surface area contributed by atoms with Gasteiger partial charge in [-0.15, -0.1) is 0 Å². The largest absolute Gasteiger partial charge is 0.347 e. The minimum Gasteiger partial charge on any atom is -0.347 e. The van der Waals surface area contributed by atoms with Gasteiger partial charge in [-0.2, -0.15) is 0 Å². The molecular formula is C15H14O2. The van der Waals surface area contributed by atoms with Crippen molar-refractivity contribution in [2.24, 2.45) is 0 Å². The summed E-state index contributed by atoms with van der Waals surface area (Å²) in [7, 11) is 0. The monoisotopic (exact) mass is 226 g/mol. The van der Waals surface area contributed by atoms with Crippen LogP contribution in [0.5, 0.6) is 0 Å². The minimum absolute atomic E-state index is 0.179. The van der Waals surface area contributed by atoms with E-state index >= 15 is 0 Å². The topological polar surface area (TPSA) is 18.5 Å². The highest BCUT2D eigenvalue weighted by Gasteiger charge is 2.11. The number of ether oxygens (including phenoxy) is 2. The minimum atomic E-state index is -0.179. The lowest BCUT2D eigenvalue weighted by Crippen LogP contribution is -2.01. The van der Waals surface area contributed by atoms with Crippen molar-refractivity contribution < 1.29 is 9.47 Å². The molecule has 0 atom stereocenters. The van der Waals surface area contributed by atoms with Gasteiger partial charge in [0.2, 0.25) is 0 Å². The molecular weight excluding hydrogens is 212 g/mol. The first-order chi connectivity index (χ1) is 8.42. The molecule has 2 heteroatoms. The van der Waals surface area contributed by atoms with Crippen LogP contribution in [-0.2, 0) is 9.47 Å². The van der Waals surface area contributed by atoms with E-state index in [2.05, 4.69) is 42.5 Å². The first-order valence-corrected chi connectivity index (χ1v) is 5.82. The summed E-state index contributed by atoms with van der Waals surface area (Å²) >= 11 is 0. The van der Waals surface area contributed by atoms with Crippen molar-refractivity contribution in [2.45, 2.75) is 6.29 Å². The van der Waals surface area contributed by atoms with Gasteiger partial charge < -0.3 is 9.47 Å². The van der Waals surface area contributed by atoms with E-state index in [0.717, 1.165) is 0 Å². The van der Waals surface area contributed by atoms with Gasteiger partial charge in [0.15, 0.2) is 6.29 Å². The van der Waals surface area contributed by atoms with Gasteiger partial charge in [0.25, 0.3) is 0 Å². The fourth-order valence-corrected chi connectivity index (χ4v) is 1.99. The molecule has 0 unspecified atom stereocenters. The summed E-state index contributed by atoms with van der Waals surface area (Å²) in [6.07, 6.45) is 3.82. The lowest BCUT2D eigenvalue weighted by Gasteiger charge is -2.02. The average molecular weight is 226 g/mol. The molecule has 2 aromatic rings. The van der Waals surface area contributed by atoms with Crippen molar-refractivity contribution in [3.05, 3.63) is 54.1 Å². The van der Waals surface area contributed by atoms with E-state index in [-0.39, 0.29) is 6.29 Å². The summed E-state index contributed by atoms with van der Waals surface area (Å²) < 4.78 is 10.7. The van der Waals surface area contributed by atoms with Gasteiger partial charge >= 0.3 is 0 Å². The highest BCUT2D eigenvalue weighted by molar-refractivity contribution is 5.84. The molecule has 1 aliphatic heterocycles. The Morgan fingerprint density at radius 2 is 1.71 bits per heavy atom. The van der Waals surface area contributed by atoms with Gasteiger partial charge in [-0.25, -0.2) is 0 Å². The first-order valence-electron chi connectivity index (χ1n) is 5.82. The summed E-state index contributed by atoms with van der Waals surface area (Å²) in [4.78, 5) is 0. The van der Waals surface area contributed by atoms with E-state index in [0.29, 0.717) is 13.2 Å². The van der Waals surface area contributed by atoms with E-state index in [9.17, 15) is 0 Å². The maximum Gasteiger partial charge on any atom is 0.177 e. The molecule has 86 valence electrons. The zero-order chi connectivity index (χ0) is 11.5. The van der Waals surface area contributed by atoms with Crippen LogP contribution >= 0.6 is 0 Å². The average Bonchev–Trinajstić information content (AvgIpc) is 2.89. The van der Waals surface area contributed by atoms with Crippen molar-refractivity contribution in [1.82, 2.24) is 0 Å². The SMILES string of the molecule is C(=C\C1OCCO1)/c1ccc2ccccc2c1. The van der Waals surface area contributed by atoms with Crippen molar-refractivity contribution >= 4 is 16.8 Å². The van der Waals surface area contributed by atoms with Crippen LogP contribution in [0.4, 0.5) is 0 Å². The van der Waals surface area contributed by atoms with Gasteiger partial charge in [0.05, 0.1) is 13.2 Å². The predicted octanol–water partition coefficient (Wildman–Crippen LogP) is 3.23. The summed E-state index contributed by atoms with van der Waals surface area (Å²) in [5.74, 6) is 0. The summed E-state index contributed by atoms with van der Waals surface area (Å²) in [5.41, 5.74) is 1.17. The molecule has 1 heterocycles. The van der Waals surface area contributed by atoms with E-state index in [4.69, 9.17) is 9.47 Å². The van der Waals surface area contributed by atoms with Gasteiger partial charge in [-0.05, 0) is 28.5 Å². The lowest BCUT2D eigenvalue weighted by molar-refractivity contribution is -0.000907. The standard InChI is InChI=1S/C15H14O2/c1-2-4-14-11-12(5-7-13(14)3-1)6-8-15-16-9-10-17-15/h1-8,11,15H,9-10H2/b8-6+. The Labute approximate surface area is 100 Å². The molecule has 17 heavy (non-hydrogen) atoms. The van der Waals surface area contributed by atoms with E-state index in [1.165, 1.54) is 16.3 Å². The lowest BCUT2D eigenvalue weighted by atomic mass is 10.1. The Morgan fingerprint density at radius 3 is 2.53 bits per heavy atom. The Balaban J connectivity index is 1.85. The maximum atomic E-state index is 5.35. The molecule has 0 saturated carbocycles. The number of hydrogen-bond acceptors (Lipinski definition) is 2. The molecule has 0 bridgehead atoms. The van der Waals surface area contributed by atoms with Gasteiger partial charge in [0.1, 0.15) is 0 Å². The van der Waals surface area contributed by atoms with Crippen LogP contribution in [0.3, 0.4) is 0 Å². The molecule has 1 fully saturated rings. The first kappa shape index (κ1) is 10.5. The summed E-state index contributed by atoms with van der Waals surface area (Å²) in [5, 5.41) is 2.51. The van der Waals surface area contributed by atoms with Crippen LogP contribution in [0.15, 0.2) is 48.5 Å². The normalized spacial score (nSPS) is 17.2. The Kier molecular flexibility index (Phi) is 2.90. The molecule has 1 aliphatic rings. The van der Waals surface area contributed by atoms with Crippen LogP contribution < -0.4 is 0 Å². The highest BCUT2D eigenvalue weighted by atomic mass is 16.7. The van der Waals surface area contributed by atoms with Crippen molar-refractivity contribution in [1.29, 1.82) is 0 Å². The predicted molar refractivity (Wildman–Crippen MR) is 68.7 cm³/mol. The highest BCUT2D eigenvalue weighted by Crippen LogP contribution is 2.17. The second-order valence-corrected chi connectivity index (χ2v) is 4.08. The molecule has 2 nitrogen and oxygen atoms in total. The molecule has 0 radical (unpaired) electrons. The fraction of sp³-hybridized carbons (Fsp3) is 0.200. The zero-order valence-electron chi connectivity index (χ0n) is 9.50. The van der Waals surface area contributed by atoms with Crippen LogP contribution in [0.25, 0.3) is 16.8 Å². The molecule has 0 spiro atoms. The van der Waals surface area contributed by atoms with E-state index in [1.807, 2.05) is 12.2 Å². The summed E-state index contributed by atoms with van der Waals surface area (Å²) in [6, 6.07) is 14.7. The van der Waals surface area contributed by atoms with Gasteiger partial charge in [-0.1, -0.05) is 42.5 Å².